The number of nitrogens with zero attached hydrogens (tertiary/aromatic N) is 3. The summed E-state index contributed by atoms with van der Waals surface area (Å²) in [6, 6.07) is 0. The van der Waals surface area contributed by atoms with Crippen molar-refractivity contribution in [1.82, 2.24) is 14.7 Å². The van der Waals surface area contributed by atoms with Crippen LogP contribution in [0.3, 0.4) is 0 Å². The smallest absolute Gasteiger partial charge is 0.126 e. The van der Waals surface area contributed by atoms with Gasteiger partial charge in [0.15, 0.2) is 0 Å². The Morgan fingerprint density at radius 3 is 2.42 bits per heavy atom. The summed E-state index contributed by atoms with van der Waals surface area (Å²) < 4.78 is 1.72. The first kappa shape index (κ1) is 9.06. The molecule has 0 saturated heterocycles. The average molecular weight is 168 g/mol. The fourth-order valence-electron chi connectivity index (χ4n) is 1.23. The van der Waals surface area contributed by atoms with E-state index in [1.165, 1.54) is 0 Å². The predicted octanol–water partition coefficient (Wildman–Crippen LogP) is 0.372. The molecule has 4 heteroatoms. The molecule has 0 aliphatic heterocycles. The van der Waals surface area contributed by atoms with Crippen molar-refractivity contribution in [3.05, 3.63) is 11.3 Å². The minimum Gasteiger partial charge on any atom is -0.384 e. The quantitative estimate of drug-likeness (QED) is 0.694. The van der Waals surface area contributed by atoms with Crippen LogP contribution in [-0.4, -0.2) is 28.8 Å². The number of hydrogen-bond donors (Lipinski definition) is 1. The van der Waals surface area contributed by atoms with Gasteiger partial charge >= 0.3 is 0 Å². The molecule has 0 aliphatic rings. The van der Waals surface area contributed by atoms with Crippen LogP contribution in [0.15, 0.2) is 0 Å². The van der Waals surface area contributed by atoms with Crippen LogP contribution in [0.4, 0.5) is 5.82 Å². The Bertz CT molecular complexity index is 275. The van der Waals surface area contributed by atoms with Crippen LogP contribution in [-0.2, 0) is 13.6 Å². The van der Waals surface area contributed by atoms with Crippen molar-refractivity contribution in [3.8, 4) is 0 Å². The van der Waals surface area contributed by atoms with Crippen LogP contribution < -0.4 is 5.73 Å². The first-order valence-corrected chi connectivity index (χ1v) is 3.95. The Kier molecular flexibility index (Phi) is 2.38. The Labute approximate surface area is 73.0 Å². The van der Waals surface area contributed by atoms with Crippen molar-refractivity contribution in [2.45, 2.75) is 13.5 Å². The topological polar surface area (TPSA) is 47.1 Å². The van der Waals surface area contributed by atoms with E-state index in [1.54, 1.807) is 4.68 Å². The van der Waals surface area contributed by atoms with Crippen LogP contribution in [0, 0.1) is 6.92 Å². The largest absolute Gasteiger partial charge is 0.384 e. The van der Waals surface area contributed by atoms with E-state index in [-0.39, 0.29) is 0 Å². The lowest BCUT2D eigenvalue weighted by atomic mass is 10.2. The molecular formula is C8H16N4. The average Bonchev–Trinajstić information content (AvgIpc) is 2.16. The molecule has 0 amide bonds. The molecule has 0 bridgehead atoms. The molecule has 1 rings (SSSR count). The van der Waals surface area contributed by atoms with Gasteiger partial charge in [-0.1, -0.05) is 0 Å². The molecule has 0 fully saturated rings. The Morgan fingerprint density at radius 1 is 1.50 bits per heavy atom. The second kappa shape index (κ2) is 3.15. The maximum Gasteiger partial charge on any atom is 0.126 e. The first-order valence-electron chi connectivity index (χ1n) is 3.95. The van der Waals surface area contributed by atoms with E-state index in [4.69, 9.17) is 5.73 Å². The van der Waals surface area contributed by atoms with Crippen LogP contribution in [0.5, 0.6) is 0 Å². The maximum atomic E-state index is 5.83. The summed E-state index contributed by atoms with van der Waals surface area (Å²) in [4.78, 5) is 2.08. The fraction of sp³-hybridized carbons (Fsp3) is 0.625. The van der Waals surface area contributed by atoms with Gasteiger partial charge in [0.1, 0.15) is 5.82 Å². The highest BCUT2D eigenvalue weighted by Crippen LogP contribution is 2.15. The molecule has 4 nitrogen and oxygen atoms in total. The minimum absolute atomic E-state index is 0.765. The van der Waals surface area contributed by atoms with Crippen molar-refractivity contribution in [2.24, 2.45) is 7.05 Å². The lowest BCUT2D eigenvalue weighted by Gasteiger charge is -2.08. The fourth-order valence-corrected chi connectivity index (χ4v) is 1.23. The van der Waals surface area contributed by atoms with Crippen molar-refractivity contribution in [3.63, 3.8) is 0 Å². The molecule has 0 saturated carbocycles. The van der Waals surface area contributed by atoms with E-state index >= 15 is 0 Å². The molecule has 1 aromatic rings. The third-order valence-corrected chi connectivity index (χ3v) is 1.87. The monoisotopic (exact) mass is 168 g/mol. The summed E-state index contributed by atoms with van der Waals surface area (Å²) in [6.45, 7) is 2.83. The molecular weight excluding hydrogens is 152 g/mol. The number of rotatable bonds is 2. The van der Waals surface area contributed by atoms with Gasteiger partial charge in [-0.2, -0.15) is 5.10 Å². The zero-order valence-electron chi connectivity index (χ0n) is 8.13. The number of anilines is 1. The zero-order chi connectivity index (χ0) is 9.30. The zero-order valence-corrected chi connectivity index (χ0v) is 8.13. The highest BCUT2D eigenvalue weighted by Gasteiger charge is 2.09. The standard InChI is InChI=1S/C8H16N4/c1-6-7(5-11(2)3)8(9)12(4)10-6/h5,9H2,1-4H3. The molecule has 0 radical (unpaired) electrons. The van der Waals surface area contributed by atoms with E-state index in [2.05, 4.69) is 10.00 Å². The van der Waals surface area contributed by atoms with Crippen LogP contribution in [0.25, 0.3) is 0 Å². The Balaban J connectivity index is 2.97. The molecule has 68 valence electrons. The molecule has 1 aromatic heterocycles. The summed E-state index contributed by atoms with van der Waals surface area (Å²) in [6.07, 6.45) is 0. The SMILES string of the molecule is Cc1nn(C)c(N)c1CN(C)C. The van der Waals surface area contributed by atoms with Gasteiger partial charge in [-0.15, -0.1) is 0 Å². The maximum absolute atomic E-state index is 5.83. The van der Waals surface area contributed by atoms with Crippen LogP contribution in [0.2, 0.25) is 0 Å². The van der Waals surface area contributed by atoms with Gasteiger partial charge in [0.2, 0.25) is 0 Å². The van der Waals surface area contributed by atoms with Crippen LogP contribution in [0.1, 0.15) is 11.3 Å². The molecule has 2 N–H and O–H groups in total. The third kappa shape index (κ3) is 1.58. The summed E-state index contributed by atoms with van der Waals surface area (Å²) >= 11 is 0. The molecule has 0 aromatic carbocycles. The van der Waals surface area contributed by atoms with Crippen molar-refractivity contribution in [2.75, 3.05) is 19.8 Å². The molecule has 1 heterocycles. The van der Waals surface area contributed by atoms with Crippen molar-refractivity contribution in [1.29, 1.82) is 0 Å². The highest BCUT2D eigenvalue weighted by atomic mass is 15.3. The molecule has 0 aliphatic carbocycles. The minimum atomic E-state index is 0.765. The number of hydrogen-bond acceptors (Lipinski definition) is 3. The summed E-state index contributed by atoms with van der Waals surface area (Å²) in [7, 11) is 5.90. The van der Waals surface area contributed by atoms with Crippen molar-refractivity contribution >= 4 is 5.82 Å². The van der Waals surface area contributed by atoms with Gasteiger partial charge in [-0.25, -0.2) is 0 Å². The van der Waals surface area contributed by atoms with Gasteiger partial charge in [0.25, 0.3) is 0 Å². The van der Waals surface area contributed by atoms with E-state index in [9.17, 15) is 0 Å². The van der Waals surface area contributed by atoms with Crippen molar-refractivity contribution < 1.29 is 0 Å². The van der Waals surface area contributed by atoms with E-state index in [0.717, 1.165) is 23.6 Å². The number of nitrogen functional groups attached to an aromatic ring is 1. The molecule has 0 spiro atoms. The molecule has 12 heavy (non-hydrogen) atoms. The molecule has 0 unspecified atom stereocenters. The van der Waals surface area contributed by atoms with Crippen LogP contribution >= 0.6 is 0 Å². The summed E-state index contributed by atoms with van der Waals surface area (Å²) in [5.41, 5.74) is 7.97. The molecule has 0 atom stereocenters. The Hall–Kier alpha value is -1.03. The normalized spacial score (nSPS) is 11.1. The van der Waals surface area contributed by atoms with Gasteiger partial charge in [-0.3, -0.25) is 4.68 Å². The third-order valence-electron chi connectivity index (χ3n) is 1.87. The number of aromatic nitrogens is 2. The number of nitrogens with two attached hydrogens (primary N) is 1. The Morgan fingerprint density at radius 2 is 2.08 bits per heavy atom. The highest BCUT2D eigenvalue weighted by molar-refractivity contribution is 5.42. The summed E-state index contributed by atoms with van der Waals surface area (Å²) in [5, 5.41) is 4.23. The van der Waals surface area contributed by atoms with Gasteiger partial charge in [0, 0.05) is 19.2 Å². The lowest BCUT2D eigenvalue weighted by Crippen LogP contribution is -2.12. The second-order valence-electron chi connectivity index (χ2n) is 3.31. The van der Waals surface area contributed by atoms with Gasteiger partial charge in [-0.05, 0) is 21.0 Å². The van der Waals surface area contributed by atoms with E-state index in [1.807, 2.05) is 28.1 Å². The number of aryl methyl sites for hydroxylation is 2. The first-order chi connectivity index (χ1) is 5.52. The summed E-state index contributed by atoms with van der Waals surface area (Å²) in [5.74, 6) is 0.765. The van der Waals surface area contributed by atoms with Gasteiger partial charge < -0.3 is 10.6 Å². The second-order valence-corrected chi connectivity index (χ2v) is 3.31. The van der Waals surface area contributed by atoms with Gasteiger partial charge in [0.05, 0.1) is 5.69 Å². The van der Waals surface area contributed by atoms with E-state index < -0.39 is 0 Å². The lowest BCUT2D eigenvalue weighted by molar-refractivity contribution is 0.402. The van der Waals surface area contributed by atoms with E-state index in [0.29, 0.717) is 0 Å². The predicted molar refractivity (Wildman–Crippen MR) is 49.7 cm³/mol.